The van der Waals surface area contributed by atoms with Crippen LogP contribution >= 0.6 is 0 Å². The van der Waals surface area contributed by atoms with Crippen LogP contribution in [-0.4, -0.2) is 19.8 Å². The molecule has 2 atom stereocenters. The third-order valence-electron chi connectivity index (χ3n) is 4.43. The number of aliphatic hydroxyl groups is 1. The summed E-state index contributed by atoms with van der Waals surface area (Å²) in [5.74, 6) is 0. The summed E-state index contributed by atoms with van der Waals surface area (Å²) in [6, 6.07) is 8.15. The Morgan fingerprint density at radius 2 is 1.72 bits per heavy atom. The van der Waals surface area contributed by atoms with E-state index in [2.05, 4.69) is 19.1 Å². The Kier molecular flexibility index (Phi) is 3.07. The second-order valence-electron chi connectivity index (χ2n) is 5.81. The number of rotatable bonds is 1. The molecular formula is C15H20O2S. The van der Waals surface area contributed by atoms with Gasteiger partial charge in [0, 0.05) is 21.3 Å². The predicted octanol–water partition coefficient (Wildman–Crippen LogP) is 2.65. The molecule has 1 aromatic carbocycles. The van der Waals surface area contributed by atoms with Gasteiger partial charge in [-0.25, -0.2) is 0 Å². The van der Waals surface area contributed by atoms with E-state index in [0.717, 1.165) is 18.4 Å². The number of hydrogen-bond donors (Lipinski definition) is 1. The molecule has 0 aliphatic carbocycles. The normalized spacial score (nSPS) is 39.6. The summed E-state index contributed by atoms with van der Waals surface area (Å²) in [4.78, 5) is 0. The van der Waals surface area contributed by atoms with Crippen molar-refractivity contribution in [3.8, 4) is 0 Å². The molecule has 0 saturated carbocycles. The van der Waals surface area contributed by atoms with E-state index in [-0.39, 0.29) is 10.5 Å². The molecule has 2 nitrogen and oxygen atoms in total. The highest BCUT2D eigenvalue weighted by Crippen LogP contribution is 2.44. The summed E-state index contributed by atoms with van der Waals surface area (Å²) in [7, 11) is -0.721. The number of benzene rings is 1. The molecule has 0 amide bonds. The largest absolute Gasteiger partial charge is 0.385 e. The summed E-state index contributed by atoms with van der Waals surface area (Å²) >= 11 is 0. The lowest BCUT2D eigenvalue weighted by Gasteiger charge is -2.43. The van der Waals surface area contributed by atoms with Crippen molar-refractivity contribution >= 4 is 10.8 Å². The average molecular weight is 264 g/mol. The second kappa shape index (κ2) is 4.46. The van der Waals surface area contributed by atoms with Crippen molar-refractivity contribution in [3.63, 3.8) is 0 Å². The molecule has 2 heterocycles. The molecule has 2 aliphatic heterocycles. The highest BCUT2D eigenvalue weighted by molar-refractivity contribution is 7.86. The molecule has 18 heavy (non-hydrogen) atoms. The average Bonchev–Trinajstić information content (AvgIpc) is 2.32. The lowest BCUT2D eigenvalue weighted by molar-refractivity contribution is 0.00654. The van der Waals surface area contributed by atoms with Gasteiger partial charge < -0.3 is 5.11 Å². The van der Waals surface area contributed by atoms with Crippen molar-refractivity contribution in [2.75, 3.05) is 0 Å². The molecule has 2 unspecified atom stereocenters. The number of hydrogen-bond acceptors (Lipinski definition) is 2. The van der Waals surface area contributed by atoms with Crippen LogP contribution in [0.25, 0.3) is 0 Å². The van der Waals surface area contributed by atoms with Crippen molar-refractivity contribution in [3.05, 3.63) is 35.4 Å². The van der Waals surface area contributed by atoms with Crippen molar-refractivity contribution < 1.29 is 9.32 Å². The van der Waals surface area contributed by atoms with Crippen LogP contribution in [0.3, 0.4) is 0 Å². The van der Waals surface area contributed by atoms with Gasteiger partial charge in [-0.1, -0.05) is 36.2 Å². The first-order valence-electron chi connectivity index (χ1n) is 6.77. The van der Waals surface area contributed by atoms with Crippen LogP contribution in [0.5, 0.6) is 0 Å². The van der Waals surface area contributed by atoms with E-state index >= 15 is 0 Å². The van der Waals surface area contributed by atoms with Gasteiger partial charge in [0.25, 0.3) is 0 Å². The van der Waals surface area contributed by atoms with Crippen molar-refractivity contribution in [2.24, 2.45) is 0 Å². The minimum Gasteiger partial charge on any atom is -0.385 e. The summed E-state index contributed by atoms with van der Waals surface area (Å²) < 4.78 is 12.2. The first kappa shape index (κ1) is 12.4. The highest BCUT2D eigenvalue weighted by Gasteiger charge is 2.46. The Bertz CT molecular complexity index is 450. The lowest BCUT2D eigenvalue weighted by atomic mass is 9.80. The van der Waals surface area contributed by atoms with Gasteiger partial charge in [0.1, 0.15) is 0 Å². The maximum absolute atomic E-state index is 12.2. The van der Waals surface area contributed by atoms with Gasteiger partial charge in [-0.05, 0) is 38.2 Å². The van der Waals surface area contributed by atoms with Gasteiger partial charge in [-0.2, -0.15) is 0 Å². The van der Waals surface area contributed by atoms with Crippen LogP contribution in [0.4, 0.5) is 0 Å². The van der Waals surface area contributed by atoms with Crippen molar-refractivity contribution in [2.45, 2.75) is 55.1 Å². The minimum atomic E-state index is -0.753. The molecule has 98 valence electrons. The molecule has 1 N–H and O–H groups in total. The molecule has 2 aliphatic rings. The molecule has 2 fully saturated rings. The highest BCUT2D eigenvalue weighted by atomic mass is 32.2. The molecule has 2 saturated heterocycles. The molecule has 2 bridgehead atoms. The Morgan fingerprint density at radius 3 is 2.28 bits per heavy atom. The Hall–Kier alpha value is -0.670. The molecular weight excluding hydrogens is 244 g/mol. The lowest BCUT2D eigenvalue weighted by Crippen LogP contribution is -2.47. The van der Waals surface area contributed by atoms with Gasteiger partial charge >= 0.3 is 0 Å². The van der Waals surface area contributed by atoms with E-state index in [0.29, 0.717) is 12.8 Å². The van der Waals surface area contributed by atoms with Crippen LogP contribution in [0.2, 0.25) is 0 Å². The first-order chi connectivity index (χ1) is 8.58. The maximum atomic E-state index is 12.2. The summed E-state index contributed by atoms with van der Waals surface area (Å²) in [6.07, 6.45) is 4.53. The Morgan fingerprint density at radius 1 is 1.17 bits per heavy atom. The molecule has 0 aromatic heterocycles. The summed E-state index contributed by atoms with van der Waals surface area (Å²) in [6.45, 7) is 2.05. The summed E-state index contributed by atoms with van der Waals surface area (Å²) in [5.41, 5.74) is 1.46. The van der Waals surface area contributed by atoms with Crippen LogP contribution in [0.15, 0.2) is 24.3 Å². The van der Waals surface area contributed by atoms with Crippen LogP contribution in [0.1, 0.15) is 43.2 Å². The summed E-state index contributed by atoms with van der Waals surface area (Å²) in [5, 5.41) is 11.3. The molecule has 0 spiro atoms. The fourth-order valence-electron chi connectivity index (χ4n) is 3.38. The van der Waals surface area contributed by atoms with Gasteiger partial charge in [-0.3, -0.25) is 4.21 Å². The third kappa shape index (κ3) is 2.04. The minimum absolute atomic E-state index is 0.198. The fraction of sp³-hybridized carbons (Fsp3) is 0.600. The molecule has 1 aromatic rings. The topological polar surface area (TPSA) is 37.3 Å². The zero-order valence-electron chi connectivity index (χ0n) is 10.8. The van der Waals surface area contributed by atoms with E-state index in [1.165, 1.54) is 12.0 Å². The predicted molar refractivity (Wildman–Crippen MR) is 73.9 cm³/mol. The zero-order valence-corrected chi connectivity index (χ0v) is 11.6. The van der Waals surface area contributed by atoms with Gasteiger partial charge in [0.2, 0.25) is 0 Å². The fourth-order valence-corrected chi connectivity index (χ4v) is 5.60. The SMILES string of the molecule is Cc1ccc(C2(O)CC3CCCC(C2)S3=O)cc1. The molecule has 0 radical (unpaired) electrons. The first-order valence-corrected chi connectivity index (χ1v) is 8.05. The number of aryl methyl sites for hydroxylation is 1. The Labute approximate surface area is 111 Å². The standard InChI is InChI=1S/C15H20O2S/c1-11-5-7-12(8-6-11)15(16)9-13-3-2-4-14(10-15)18(13)17/h5-8,13-14,16H,2-4,9-10H2,1H3. The van der Waals surface area contributed by atoms with E-state index in [4.69, 9.17) is 0 Å². The Balaban J connectivity index is 1.91. The monoisotopic (exact) mass is 264 g/mol. The smallest absolute Gasteiger partial charge is 0.0919 e. The van der Waals surface area contributed by atoms with Crippen molar-refractivity contribution in [1.29, 1.82) is 0 Å². The van der Waals surface area contributed by atoms with Gasteiger partial charge in [0.15, 0.2) is 0 Å². The van der Waals surface area contributed by atoms with Crippen molar-refractivity contribution in [1.82, 2.24) is 0 Å². The van der Waals surface area contributed by atoms with Crippen LogP contribution in [-0.2, 0) is 16.4 Å². The van der Waals surface area contributed by atoms with Crippen LogP contribution in [0, 0.1) is 6.92 Å². The van der Waals surface area contributed by atoms with E-state index in [1.807, 2.05) is 12.1 Å². The van der Waals surface area contributed by atoms with E-state index in [1.54, 1.807) is 0 Å². The van der Waals surface area contributed by atoms with Gasteiger partial charge in [-0.15, -0.1) is 0 Å². The molecule has 3 rings (SSSR count). The number of fused-ring (bicyclic) bond motifs is 2. The van der Waals surface area contributed by atoms with Crippen LogP contribution < -0.4 is 0 Å². The zero-order chi connectivity index (χ0) is 12.8. The van der Waals surface area contributed by atoms with E-state index < -0.39 is 16.4 Å². The maximum Gasteiger partial charge on any atom is 0.0919 e. The third-order valence-corrected chi connectivity index (χ3v) is 6.55. The quantitative estimate of drug-likeness (QED) is 0.846. The molecule has 3 heteroatoms. The van der Waals surface area contributed by atoms with E-state index in [9.17, 15) is 9.32 Å². The second-order valence-corrected chi connectivity index (χ2v) is 7.80. The van der Waals surface area contributed by atoms with Gasteiger partial charge in [0.05, 0.1) is 5.60 Å².